The van der Waals surface area contributed by atoms with Crippen LogP contribution in [0.1, 0.15) is 24.8 Å². The summed E-state index contributed by atoms with van der Waals surface area (Å²) in [5.74, 6) is -0.580. The highest BCUT2D eigenvalue weighted by Gasteiger charge is 2.22. The first-order valence-electron chi connectivity index (χ1n) is 12.1. The van der Waals surface area contributed by atoms with Gasteiger partial charge in [-0.3, -0.25) is 13.9 Å². The van der Waals surface area contributed by atoms with Gasteiger partial charge in [-0.05, 0) is 47.9 Å². The van der Waals surface area contributed by atoms with Crippen LogP contribution in [0.15, 0.2) is 72.8 Å². The van der Waals surface area contributed by atoms with Crippen LogP contribution in [0.2, 0.25) is 0 Å². The van der Waals surface area contributed by atoms with Crippen molar-refractivity contribution >= 4 is 38.3 Å². The molecule has 0 fully saturated rings. The van der Waals surface area contributed by atoms with Gasteiger partial charge in [0.25, 0.3) is 0 Å². The Balaban J connectivity index is 1.65. The first-order chi connectivity index (χ1) is 17.3. The van der Waals surface area contributed by atoms with Crippen molar-refractivity contribution in [2.75, 3.05) is 30.2 Å². The summed E-state index contributed by atoms with van der Waals surface area (Å²) in [6.07, 6.45) is 2.52. The van der Waals surface area contributed by atoms with Gasteiger partial charge >= 0.3 is 0 Å². The molecule has 36 heavy (non-hydrogen) atoms. The van der Waals surface area contributed by atoms with E-state index < -0.39 is 16.1 Å². The summed E-state index contributed by atoms with van der Waals surface area (Å²) in [7, 11) is -3.50. The minimum absolute atomic E-state index is 0.0865. The van der Waals surface area contributed by atoms with Crippen molar-refractivity contribution in [3.63, 3.8) is 0 Å². The molecule has 1 atom stereocenters. The van der Waals surface area contributed by atoms with Crippen molar-refractivity contribution in [1.29, 1.82) is 0 Å². The maximum Gasteiger partial charge on any atom is 0.242 e. The number of para-hydroxylation sites is 1. The highest BCUT2D eigenvalue weighted by molar-refractivity contribution is 7.92. The fraction of sp³-hybridized carbons (Fsp3) is 0.333. The zero-order chi connectivity index (χ0) is 26.0. The highest BCUT2D eigenvalue weighted by Crippen LogP contribution is 2.18. The van der Waals surface area contributed by atoms with Crippen LogP contribution in [0.4, 0.5) is 5.69 Å². The molecule has 0 saturated heterocycles. The fourth-order valence-corrected chi connectivity index (χ4v) is 4.94. The van der Waals surface area contributed by atoms with Gasteiger partial charge in [-0.15, -0.1) is 0 Å². The molecule has 0 saturated carbocycles. The van der Waals surface area contributed by atoms with Crippen molar-refractivity contribution < 1.29 is 18.0 Å². The van der Waals surface area contributed by atoms with Crippen molar-refractivity contribution in [1.82, 2.24) is 10.6 Å². The topological polar surface area (TPSA) is 122 Å². The molecular formula is C27H34N4O4S. The Kier molecular flexibility index (Phi) is 9.84. The molecule has 0 aromatic heterocycles. The van der Waals surface area contributed by atoms with Crippen LogP contribution < -0.4 is 20.7 Å². The van der Waals surface area contributed by atoms with Gasteiger partial charge in [-0.2, -0.15) is 0 Å². The highest BCUT2D eigenvalue weighted by atomic mass is 32.2. The Bertz CT molecular complexity index is 1270. The molecule has 1 unspecified atom stereocenters. The van der Waals surface area contributed by atoms with Crippen LogP contribution in [0.5, 0.6) is 0 Å². The Morgan fingerprint density at radius 1 is 0.944 bits per heavy atom. The number of hydrogen-bond donors (Lipinski definition) is 3. The molecular weight excluding hydrogens is 476 g/mol. The van der Waals surface area contributed by atoms with Crippen LogP contribution >= 0.6 is 0 Å². The van der Waals surface area contributed by atoms with E-state index in [0.717, 1.165) is 22.6 Å². The maximum atomic E-state index is 12.9. The predicted molar refractivity (Wildman–Crippen MR) is 144 cm³/mol. The molecule has 4 N–H and O–H groups in total. The zero-order valence-electron chi connectivity index (χ0n) is 20.5. The number of rotatable bonds is 13. The second kappa shape index (κ2) is 13.0. The van der Waals surface area contributed by atoms with Crippen LogP contribution in [0, 0.1) is 0 Å². The second-order valence-electron chi connectivity index (χ2n) is 8.71. The van der Waals surface area contributed by atoms with Gasteiger partial charge < -0.3 is 16.4 Å². The first kappa shape index (κ1) is 27.2. The zero-order valence-corrected chi connectivity index (χ0v) is 21.3. The number of carbonyl (C=O) groups is 2. The fourth-order valence-electron chi connectivity index (χ4n) is 3.98. The van der Waals surface area contributed by atoms with E-state index >= 15 is 0 Å². The summed E-state index contributed by atoms with van der Waals surface area (Å²) in [5, 5.41) is 7.84. The van der Waals surface area contributed by atoms with Gasteiger partial charge in [-0.1, -0.05) is 60.7 Å². The van der Waals surface area contributed by atoms with Crippen molar-refractivity contribution in [3.05, 3.63) is 78.4 Å². The monoisotopic (exact) mass is 510 g/mol. The van der Waals surface area contributed by atoms with Crippen molar-refractivity contribution in [2.24, 2.45) is 5.73 Å². The second-order valence-corrected chi connectivity index (χ2v) is 10.6. The lowest BCUT2D eigenvalue weighted by Crippen LogP contribution is -2.48. The number of sulfonamides is 1. The lowest BCUT2D eigenvalue weighted by Gasteiger charge is -2.23. The van der Waals surface area contributed by atoms with Crippen molar-refractivity contribution in [2.45, 2.75) is 31.7 Å². The number of carbonyl (C=O) groups excluding carboxylic acids is 2. The normalized spacial score (nSPS) is 12.2. The lowest BCUT2D eigenvalue weighted by atomic mass is 10.0. The van der Waals surface area contributed by atoms with Gasteiger partial charge in [-0.25, -0.2) is 8.42 Å². The van der Waals surface area contributed by atoms with Crippen LogP contribution in [0.3, 0.4) is 0 Å². The molecule has 0 aliphatic rings. The number of nitrogens with two attached hydrogens (primary N) is 1. The average Bonchev–Trinajstić information content (AvgIpc) is 2.86. The number of benzene rings is 3. The number of amides is 2. The molecule has 3 aromatic carbocycles. The van der Waals surface area contributed by atoms with E-state index in [1.807, 2.05) is 48.5 Å². The van der Waals surface area contributed by atoms with Gasteiger partial charge in [0.05, 0.1) is 11.9 Å². The van der Waals surface area contributed by atoms with E-state index in [9.17, 15) is 18.0 Å². The predicted octanol–water partition coefficient (Wildman–Crippen LogP) is 2.58. The summed E-state index contributed by atoms with van der Waals surface area (Å²) < 4.78 is 25.8. The minimum Gasteiger partial charge on any atom is -0.354 e. The summed E-state index contributed by atoms with van der Waals surface area (Å²) >= 11 is 0. The molecule has 2 amide bonds. The molecule has 3 rings (SSSR count). The molecule has 0 heterocycles. The summed E-state index contributed by atoms with van der Waals surface area (Å²) in [6, 6.07) is 22.0. The van der Waals surface area contributed by atoms with E-state index in [1.165, 1.54) is 4.31 Å². The maximum absolute atomic E-state index is 12.9. The van der Waals surface area contributed by atoms with Crippen molar-refractivity contribution in [3.8, 4) is 0 Å². The Hall–Kier alpha value is -3.43. The molecule has 0 aliphatic heterocycles. The van der Waals surface area contributed by atoms with Gasteiger partial charge in [0.2, 0.25) is 21.8 Å². The van der Waals surface area contributed by atoms with Crippen LogP contribution in [-0.2, 0) is 26.0 Å². The van der Waals surface area contributed by atoms with E-state index in [1.54, 1.807) is 24.3 Å². The molecule has 192 valence electrons. The Labute approximate surface area is 212 Å². The molecule has 8 nitrogen and oxygen atoms in total. The quantitative estimate of drug-likeness (QED) is 0.305. The number of nitrogens with zero attached hydrogens (tertiary/aromatic N) is 1. The summed E-state index contributed by atoms with van der Waals surface area (Å²) in [5.41, 5.74) is 7.01. The van der Waals surface area contributed by atoms with Gasteiger partial charge in [0, 0.05) is 25.9 Å². The van der Waals surface area contributed by atoms with E-state index in [0.29, 0.717) is 38.0 Å². The molecule has 0 radical (unpaired) electrons. The molecule has 0 spiro atoms. The average molecular weight is 511 g/mol. The standard InChI is InChI=1S/C27H34N4O4S/c1-36(34,35)31(24-11-3-2-4-12-24)18-7-13-26(32)30-25(27(33)29-17-8-16-28)20-21-14-15-22-9-5-6-10-23(22)19-21/h2-6,9-12,14-15,19,25H,7-8,13,16-18,20,28H2,1H3,(H,29,33)(H,30,32). The Morgan fingerprint density at radius 2 is 1.64 bits per heavy atom. The third kappa shape index (κ3) is 8.07. The SMILES string of the molecule is CS(=O)(=O)N(CCCC(=O)NC(Cc1ccc2ccccc2c1)C(=O)NCCCN)c1ccccc1. The van der Waals surface area contributed by atoms with E-state index in [4.69, 9.17) is 5.73 Å². The molecule has 9 heteroatoms. The molecule has 0 bridgehead atoms. The molecule has 0 aliphatic carbocycles. The number of nitrogens with one attached hydrogen (secondary N) is 2. The van der Waals surface area contributed by atoms with Gasteiger partial charge in [0.15, 0.2) is 0 Å². The van der Waals surface area contributed by atoms with Crippen LogP contribution in [-0.4, -0.2) is 52.2 Å². The smallest absolute Gasteiger partial charge is 0.242 e. The third-order valence-corrected chi connectivity index (χ3v) is 6.99. The van der Waals surface area contributed by atoms with E-state index in [-0.39, 0.29) is 24.8 Å². The number of hydrogen-bond acceptors (Lipinski definition) is 5. The summed E-state index contributed by atoms with van der Waals surface area (Å²) in [6.45, 7) is 1.05. The van der Waals surface area contributed by atoms with E-state index in [2.05, 4.69) is 10.6 Å². The summed E-state index contributed by atoms with van der Waals surface area (Å²) in [4.78, 5) is 25.6. The number of fused-ring (bicyclic) bond motifs is 1. The van der Waals surface area contributed by atoms with Crippen LogP contribution in [0.25, 0.3) is 10.8 Å². The largest absolute Gasteiger partial charge is 0.354 e. The minimum atomic E-state index is -3.50. The number of anilines is 1. The Morgan fingerprint density at radius 3 is 2.33 bits per heavy atom. The third-order valence-electron chi connectivity index (χ3n) is 5.80. The molecule has 3 aromatic rings. The lowest BCUT2D eigenvalue weighted by molar-refractivity contribution is -0.129. The first-order valence-corrected chi connectivity index (χ1v) is 13.9. The van der Waals surface area contributed by atoms with Gasteiger partial charge in [0.1, 0.15) is 6.04 Å².